The second-order valence-corrected chi connectivity index (χ2v) is 24.5. The first-order valence-corrected chi connectivity index (χ1v) is 34.1. The molecule has 3 aliphatic heterocycles. The maximum absolute atomic E-state index is 14.4. The minimum atomic E-state index is -1.76. The minimum Gasteiger partial charge on any atom is -0.445 e. The van der Waals surface area contributed by atoms with Crippen LogP contribution in [0.15, 0.2) is 30.3 Å². The molecule has 6 amide bonds. The van der Waals surface area contributed by atoms with Crippen molar-refractivity contribution in [2.75, 3.05) is 85.5 Å². The smallest absolute Gasteiger partial charge is 0.408 e. The van der Waals surface area contributed by atoms with Crippen LogP contribution in [0.5, 0.6) is 0 Å². The van der Waals surface area contributed by atoms with Gasteiger partial charge >= 0.3 is 6.09 Å². The topological polar surface area (TPSA) is 485 Å². The van der Waals surface area contributed by atoms with E-state index in [1.807, 2.05) is 6.07 Å². The predicted molar refractivity (Wildman–Crippen MR) is 341 cm³/mol. The van der Waals surface area contributed by atoms with Gasteiger partial charge in [-0.25, -0.2) is 4.79 Å². The van der Waals surface area contributed by atoms with Crippen LogP contribution in [0.25, 0.3) is 0 Å². The third-order valence-electron chi connectivity index (χ3n) is 16.9. The third kappa shape index (κ3) is 30.7. The van der Waals surface area contributed by atoms with E-state index < -0.39 is 167 Å². The Morgan fingerprint density at radius 2 is 0.844 bits per heavy atom. The lowest BCUT2D eigenvalue weighted by Crippen LogP contribution is -2.59. The molecular formula is C64H111N7O25. The molecule has 32 nitrogen and oxygen atoms in total. The van der Waals surface area contributed by atoms with E-state index in [1.165, 1.54) is 62.7 Å². The van der Waals surface area contributed by atoms with Gasteiger partial charge in [-0.1, -0.05) is 114 Å². The summed E-state index contributed by atoms with van der Waals surface area (Å²) in [7, 11) is 0. The number of unbranched alkanes of at least 4 members (excludes halogenated alkanes) is 14. The standard InChI is InChI=1S/C64H111N7O25/c1-2-3-4-5-6-7-8-9-10-11-12-13-17-26-47(75)65-27-20-18-24-42(70-64(89)93-40-41-22-15-14-16-23-41)59(87)68-28-21-19-25-43(60(88)69-31-34-92-63-58(86)55(83)52(80)46(39-74)96-63)71(35-48(76)66-29-32-90-61-56(84)53(81)50(78)44(37-72)94-61)36-49(77)67-30-33-91-62-57(85)54(82)51(79)45(38-73)95-62/h14-16,22-23,42-46,50-58,61-63,72-74,78-86H,2-13,17-21,24-40H2,1H3,(H,65,75)(H,66,76)(H,67,77)(H,68,87)(H,69,88)(H,70,89)/t42?,43-,44?,45?,46?,50?,51?,52?,53?,54?,55?,56?,57?,58?,61?,62?,63?/m0/s1. The van der Waals surface area contributed by atoms with Crippen molar-refractivity contribution in [3.8, 4) is 0 Å². The van der Waals surface area contributed by atoms with Crippen molar-refractivity contribution in [2.24, 2.45) is 0 Å². The zero-order chi connectivity index (χ0) is 70.2. The number of aliphatic hydroxyl groups is 12. The number of hydrogen-bond acceptors (Lipinski definition) is 26. The molecule has 3 aliphatic rings. The van der Waals surface area contributed by atoms with Gasteiger partial charge < -0.3 is 126 Å². The highest BCUT2D eigenvalue weighted by Crippen LogP contribution is 2.25. The van der Waals surface area contributed by atoms with Crippen LogP contribution in [0, 0.1) is 0 Å². The molecular weight excluding hydrogens is 1270 g/mol. The molecule has 17 atom stereocenters. The Hall–Kier alpha value is -4.92. The van der Waals surface area contributed by atoms with E-state index in [2.05, 4.69) is 38.8 Å². The van der Waals surface area contributed by atoms with Crippen molar-refractivity contribution in [3.63, 3.8) is 0 Å². The van der Waals surface area contributed by atoms with Crippen LogP contribution in [-0.4, -0.2) is 291 Å². The average Bonchev–Trinajstić information content (AvgIpc) is 0.854. The summed E-state index contributed by atoms with van der Waals surface area (Å²) in [5, 5.41) is 138. The molecule has 0 radical (unpaired) electrons. The molecule has 0 saturated carbocycles. The quantitative estimate of drug-likeness (QED) is 0.0286. The fourth-order valence-electron chi connectivity index (χ4n) is 11.1. The zero-order valence-corrected chi connectivity index (χ0v) is 55.4. The number of ether oxygens (including phenoxy) is 7. The second kappa shape index (κ2) is 48.0. The van der Waals surface area contributed by atoms with E-state index in [-0.39, 0.29) is 84.2 Å². The van der Waals surface area contributed by atoms with Crippen molar-refractivity contribution in [2.45, 2.75) is 246 Å². The molecule has 96 heavy (non-hydrogen) atoms. The molecule has 3 heterocycles. The summed E-state index contributed by atoms with van der Waals surface area (Å²) in [6.07, 6.45) is -7.36. The number of carbonyl (C=O) groups excluding carboxylic acids is 6. The van der Waals surface area contributed by atoms with Crippen molar-refractivity contribution in [3.05, 3.63) is 35.9 Å². The van der Waals surface area contributed by atoms with Crippen LogP contribution < -0.4 is 31.9 Å². The average molecular weight is 1380 g/mol. The summed E-state index contributed by atoms with van der Waals surface area (Å²) in [4.78, 5) is 82.8. The van der Waals surface area contributed by atoms with Crippen LogP contribution in [0.4, 0.5) is 4.79 Å². The van der Waals surface area contributed by atoms with Crippen LogP contribution in [0.2, 0.25) is 0 Å². The monoisotopic (exact) mass is 1380 g/mol. The summed E-state index contributed by atoms with van der Waals surface area (Å²) in [6.45, 7) is -2.86. The number of aliphatic hydroxyl groups excluding tert-OH is 12. The first-order valence-electron chi connectivity index (χ1n) is 34.1. The van der Waals surface area contributed by atoms with Crippen LogP contribution in [-0.2, 0) is 63.7 Å². The summed E-state index contributed by atoms with van der Waals surface area (Å²) < 4.78 is 38.1. The molecule has 32 heteroatoms. The minimum absolute atomic E-state index is 0.0104. The Kier molecular flexibility index (Phi) is 41.7. The highest BCUT2D eigenvalue weighted by molar-refractivity contribution is 5.86. The Balaban J connectivity index is 1.42. The van der Waals surface area contributed by atoms with Crippen molar-refractivity contribution in [1.29, 1.82) is 0 Å². The van der Waals surface area contributed by atoms with Gasteiger partial charge in [0.05, 0.1) is 58.8 Å². The highest BCUT2D eigenvalue weighted by atomic mass is 16.7. The number of carbonyl (C=O) groups is 6. The van der Waals surface area contributed by atoms with E-state index in [9.17, 15) is 90.0 Å². The number of amides is 6. The molecule has 18 N–H and O–H groups in total. The van der Waals surface area contributed by atoms with Crippen molar-refractivity contribution >= 4 is 35.6 Å². The van der Waals surface area contributed by atoms with Gasteiger partial charge in [-0.3, -0.25) is 28.9 Å². The van der Waals surface area contributed by atoms with E-state index in [0.717, 1.165) is 31.2 Å². The van der Waals surface area contributed by atoms with Gasteiger partial charge in [0.1, 0.15) is 85.9 Å². The molecule has 16 unspecified atom stereocenters. The SMILES string of the molecule is CCCCCCCCCCCCCCCC(=O)NCCCCC(NC(=O)OCc1ccccc1)C(=O)NCCCC[C@@H](C(=O)NCCOC1OC(CO)C(O)C(O)C1O)N(CC(=O)NCCOC1OC(CO)C(O)C(O)C1O)CC(=O)NCCOC1OC(CO)C(O)C(O)C1O. The van der Waals surface area contributed by atoms with Gasteiger partial charge in [0.15, 0.2) is 18.9 Å². The maximum Gasteiger partial charge on any atom is 0.408 e. The number of nitrogens with one attached hydrogen (secondary N) is 6. The largest absolute Gasteiger partial charge is 0.445 e. The Morgan fingerprint density at radius 1 is 0.448 bits per heavy atom. The number of hydrogen-bond donors (Lipinski definition) is 18. The van der Waals surface area contributed by atoms with E-state index in [1.54, 1.807) is 24.3 Å². The first-order chi connectivity index (χ1) is 46.2. The summed E-state index contributed by atoms with van der Waals surface area (Å²) in [5.41, 5.74) is 0.718. The number of nitrogens with zero attached hydrogens (tertiary/aromatic N) is 1. The highest BCUT2D eigenvalue weighted by Gasteiger charge is 2.46. The van der Waals surface area contributed by atoms with Crippen LogP contribution in [0.3, 0.4) is 0 Å². The number of rotatable bonds is 49. The van der Waals surface area contributed by atoms with E-state index >= 15 is 0 Å². The lowest BCUT2D eigenvalue weighted by Gasteiger charge is -2.39. The fraction of sp³-hybridized carbons (Fsp3) is 0.812. The van der Waals surface area contributed by atoms with Gasteiger partial charge in [-0.2, -0.15) is 0 Å². The van der Waals surface area contributed by atoms with E-state index in [4.69, 9.17) is 33.2 Å². The molecule has 1 aromatic rings. The first kappa shape index (κ1) is 83.5. The zero-order valence-electron chi connectivity index (χ0n) is 55.4. The van der Waals surface area contributed by atoms with Crippen molar-refractivity contribution in [1.82, 2.24) is 36.8 Å². The molecule has 0 aromatic heterocycles. The Bertz CT molecular complexity index is 2260. The van der Waals surface area contributed by atoms with Gasteiger partial charge in [0.25, 0.3) is 0 Å². The Morgan fingerprint density at radius 3 is 1.29 bits per heavy atom. The van der Waals surface area contributed by atoms with Gasteiger partial charge in [0, 0.05) is 39.1 Å². The molecule has 4 rings (SSSR count). The second-order valence-electron chi connectivity index (χ2n) is 24.5. The summed E-state index contributed by atoms with van der Waals surface area (Å²) in [5.74, 6) is -2.90. The van der Waals surface area contributed by atoms with Crippen LogP contribution >= 0.6 is 0 Å². The molecule has 0 spiro atoms. The fourth-order valence-corrected chi connectivity index (χ4v) is 11.1. The lowest BCUT2D eigenvalue weighted by molar-refractivity contribution is -0.300. The molecule has 3 fully saturated rings. The maximum atomic E-state index is 14.4. The summed E-state index contributed by atoms with van der Waals surface area (Å²) in [6, 6.07) is 6.54. The van der Waals surface area contributed by atoms with E-state index in [0.29, 0.717) is 25.8 Å². The van der Waals surface area contributed by atoms with Crippen molar-refractivity contribution < 1.29 is 123 Å². The molecule has 1 aromatic carbocycles. The number of alkyl carbamates (subject to hydrolysis) is 1. The molecule has 552 valence electrons. The number of benzene rings is 1. The molecule has 0 aliphatic carbocycles. The Labute approximate surface area is 561 Å². The molecule has 3 saturated heterocycles. The predicted octanol–water partition coefficient (Wildman–Crippen LogP) is -3.20. The van der Waals surface area contributed by atoms with Gasteiger partial charge in [0.2, 0.25) is 29.5 Å². The third-order valence-corrected chi connectivity index (χ3v) is 16.9. The molecule has 0 bridgehead atoms. The van der Waals surface area contributed by atoms with Gasteiger partial charge in [-0.05, 0) is 50.5 Å². The lowest BCUT2D eigenvalue weighted by atomic mass is 9.99. The van der Waals surface area contributed by atoms with Crippen LogP contribution in [0.1, 0.15) is 141 Å². The summed E-state index contributed by atoms with van der Waals surface area (Å²) >= 11 is 0. The van der Waals surface area contributed by atoms with Gasteiger partial charge in [-0.15, -0.1) is 0 Å². The normalized spacial score (nSPS) is 26.5.